The number of rotatable bonds is 3. The van der Waals surface area contributed by atoms with Crippen molar-refractivity contribution in [2.24, 2.45) is 0 Å². The fourth-order valence-electron chi connectivity index (χ4n) is 2.19. The number of benzene rings is 2. The van der Waals surface area contributed by atoms with E-state index in [2.05, 4.69) is 0 Å². The summed E-state index contributed by atoms with van der Waals surface area (Å²) in [6.07, 6.45) is 0. The molecule has 0 bridgehead atoms. The second-order valence-corrected chi connectivity index (χ2v) is 4.51. The number of aliphatic hydroxyl groups excluding tert-OH is 1. The maximum absolute atomic E-state index is 11.9. The van der Waals surface area contributed by atoms with Gasteiger partial charge in [0.15, 0.2) is 0 Å². The van der Waals surface area contributed by atoms with Gasteiger partial charge in [0.05, 0.1) is 13.7 Å². The lowest BCUT2D eigenvalue weighted by Gasteiger charge is -2.26. The van der Waals surface area contributed by atoms with Crippen LogP contribution >= 0.6 is 0 Å². The highest BCUT2D eigenvalue weighted by molar-refractivity contribution is 5.93. The largest absolute Gasteiger partial charge is 0.468 e. The Morgan fingerprint density at radius 3 is 2.56 bits per heavy atom. The van der Waals surface area contributed by atoms with E-state index in [0.717, 1.165) is 16.3 Å². The zero-order chi connectivity index (χ0) is 13.2. The van der Waals surface area contributed by atoms with E-state index >= 15 is 0 Å². The molecule has 3 heteroatoms. The van der Waals surface area contributed by atoms with Gasteiger partial charge in [-0.05, 0) is 23.3 Å². The standard InChI is InChI=1S/C15H16O3/c1-15(10-16,14(17)18-2)13-9-5-7-11-6-3-4-8-12(11)13/h3-9,16H,10H2,1-2H3. The molecule has 0 saturated heterocycles. The van der Waals surface area contributed by atoms with Gasteiger partial charge in [0, 0.05) is 0 Å². The van der Waals surface area contributed by atoms with Crippen LogP contribution in [0.5, 0.6) is 0 Å². The van der Waals surface area contributed by atoms with Crippen molar-refractivity contribution in [3.63, 3.8) is 0 Å². The Bertz CT molecular complexity index is 571. The van der Waals surface area contributed by atoms with Gasteiger partial charge in [-0.1, -0.05) is 42.5 Å². The SMILES string of the molecule is COC(=O)C(C)(CO)c1cccc2ccccc12. The summed E-state index contributed by atoms with van der Waals surface area (Å²) in [5, 5.41) is 11.6. The smallest absolute Gasteiger partial charge is 0.318 e. The molecule has 2 rings (SSSR count). The number of hydrogen-bond donors (Lipinski definition) is 1. The zero-order valence-electron chi connectivity index (χ0n) is 10.5. The fraction of sp³-hybridized carbons (Fsp3) is 0.267. The highest BCUT2D eigenvalue weighted by Crippen LogP contribution is 2.31. The minimum Gasteiger partial charge on any atom is -0.468 e. The predicted octanol–water partition coefficient (Wildman–Crippen LogP) is 2.26. The van der Waals surface area contributed by atoms with Crippen LogP contribution in [0.3, 0.4) is 0 Å². The molecule has 1 N–H and O–H groups in total. The molecule has 2 aromatic rings. The summed E-state index contributed by atoms with van der Waals surface area (Å²) in [5.41, 5.74) is -0.245. The highest BCUT2D eigenvalue weighted by atomic mass is 16.5. The van der Waals surface area contributed by atoms with E-state index in [0.29, 0.717) is 0 Å². The van der Waals surface area contributed by atoms with E-state index in [1.54, 1.807) is 6.92 Å². The summed E-state index contributed by atoms with van der Waals surface area (Å²) in [7, 11) is 1.33. The molecule has 0 radical (unpaired) electrons. The Morgan fingerprint density at radius 1 is 1.22 bits per heavy atom. The van der Waals surface area contributed by atoms with E-state index in [1.165, 1.54) is 7.11 Å². The summed E-state index contributed by atoms with van der Waals surface area (Å²) < 4.78 is 4.81. The molecule has 0 aromatic heterocycles. The number of carbonyl (C=O) groups is 1. The molecule has 2 aromatic carbocycles. The van der Waals surface area contributed by atoms with E-state index in [1.807, 2.05) is 42.5 Å². The summed E-state index contributed by atoms with van der Waals surface area (Å²) in [6.45, 7) is 1.41. The van der Waals surface area contributed by atoms with Gasteiger partial charge in [-0.2, -0.15) is 0 Å². The minimum absolute atomic E-state index is 0.284. The predicted molar refractivity (Wildman–Crippen MR) is 70.4 cm³/mol. The van der Waals surface area contributed by atoms with Gasteiger partial charge in [0.25, 0.3) is 0 Å². The second kappa shape index (κ2) is 4.78. The molecule has 1 atom stereocenters. The third kappa shape index (κ3) is 1.87. The Morgan fingerprint density at radius 2 is 1.89 bits per heavy atom. The number of hydrogen-bond acceptors (Lipinski definition) is 3. The maximum atomic E-state index is 11.9. The van der Waals surface area contributed by atoms with E-state index in [-0.39, 0.29) is 6.61 Å². The van der Waals surface area contributed by atoms with Crippen LogP contribution in [0, 0.1) is 0 Å². The van der Waals surface area contributed by atoms with Gasteiger partial charge in [-0.15, -0.1) is 0 Å². The normalized spacial score (nSPS) is 14.2. The first-order valence-corrected chi connectivity index (χ1v) is 5.81. The van der Waals surface area contributed by atoms with E-state index in [9.17, 15) is 9.90 Å². The van der Waals surface area contributed by atoms with Crippen molar-refractivity contribution in [3.05, 3.63) is 48.0 Å². The zero-order valence-corrected chi connectivity index (χ0v) is 10.5. The number of fused-ring (bicyclic) bond motifs is 1. The lowest BCUT2D eigenvalue weighted by atomic mass is 9.80. The van der Waals surface area contributed by atoms with Gasteiger partial charge in [-0.3, -0.25) is 4.79 Å². The van der Waals surface area contributed by atoms with Crippen LogP contribution in [0.4, 0.5) is 0 Å². The molecule has 0 aliphatic rings. The molecule has 3 nitrogen and oxygen atoms in total. The number of aliphatic hydroxyl groups is 1. The summed E-state index contributed by atoms with van der Waals surface area (Å²) >= 11 is 0. The van der Waals surface area contributed by atoms with Gasteiger partial charge < -0.3 is 9.84 Å². The Hall–Kier alpha value is -1.87. The van der Waals surface area contributed by atoms with Crippen molar-refractivity contribution < 1.29 is 14.6 Å². The van der Waals surface area contributed by atoms with Crippen molar-refractivity contribution in [1.29, 1.82) is 0 Å². The molecule has 0 spiro atoms. The quantitative estimate of drug-likeness (QED) is 0.842. The van der Waals surface area contributed by atoms with Gasteiger partial charge in [0.1, 0.15) is 5.41 Å². The average Bonchev–Trinajstić information content (AvgIpc) is 2.45. The van der Waals surface area contributed by atoms with Crippen molar-refractivity contribution >= 4 is 16.7 Å². The molecule has 0 fully saturated rings. The Kier molecular flexibility index (Phi) is 3.34. The average molecular weight is 244 g/mol. The third-order valence-electron chi connectivity index (χ3n) is 3.34. The molecule has 18 heavy (non-hydrogen) atoms. The summed E-state index contributed by atoms with van der Waals surface area (Å²) in [6, 6.07) is 13.5. The molecular weight excluding hydrogens is 228 g/mol. The Labute approximate surface area is 106 Å². The molecule has 0 aliphatic carbocycles. The van der Waals surface area contributed by atoms with Crippen LogP contribution in [0.25, 0.3) is 10.8 Å². The van der Waals surface area contributed by atoms with Crippen molar-refractivity contribution in [1.82, 2.24) is 0 Å². The number of carbonyl (C=O) groups excluding carboxylic acids is 1. The molecule has 0 heterocycles. The van der Waals surface area contributed by atoms with Crippen LogP contribution in [0.15, 0.2) is 42.5 Å². The lowest BCUT2D eigenvalue weighted by molar-refractivity contribution is -0.148. The van der Waals surface area contributed by atoms with Crippen LogP contribution in [0.2, 0.25) is 0 Å². The second-order valence-electron chi connectivity index (χ2n) is 4.51. The van der Waals surface area contributed by atoms with Crippen LogP contribution in [0.1, 0.15) is 12.5 Å². The van der Waals surface area contributed by atoms with Crippen molar-refractivity contribution in [2.75, 3.05) is 13.7 Å². The summed E-state index contributed by atoms with van der Waals surface area (Å²) in [5.74, 6) is -0.429. The topological polar surface area (TPSA) is 46.5 Å². The van der Waals surface area contributed by atoms with Gasteiger partial charge in [0.2, 0.25) is 0 Å². The lowest BCUT2D eigenvalue weighted by Crippen LogP contribution is -2.37. The van der Waals surface area contributed by atoms with Crippen LogP contribution in [-0.2, 0) is 14.9 Å². The van der Waals surface area contributed by atoms with E-state index in [4.69, 9.17) is 4.74 Å². The number of esters is 1. The molecule has 94 valence electrons. The first kappa shape index (κ1) is 12.6. The number of ether oxygens (including phenoxy) is 1. The molecule has 1 unspecified atom stereocenters. The maximum Gasteiger partial charge on any atom is 0.318 e. The first-order chi connectivity index (χ1) is 8.63. The molecule has 0 saturated carbocycles. The monoisotopic (exact) mass is 244 g/mol. The highest BCUT2D eigenvalue weighted by Gasteiger charge is 2.36. The van der Waals surface area contributed by atoms with E-state index < -0.39 is 11.4 Å². The van der Waals surface area contributed by atoms with Crippen molar-refractivity contribution in [3.8, 4) is 0 Å². The Balaban J connectivity index is 2.69. The molecular formula is C15H16O3. The van der Waals surface area contributed by atoms with Gasteiger partial charge in [-0.25, -0.2) is 0 Å². The summed E-state index contributed by atoms with van der Waals surface area (Å²) in [4.78, 5) is 11.9. The third-order valence-corrected chi connectivity index (χ3v) is 3.34. The van der Waals surface area contributed by atoms with Crippen LogP contribution in [-0.4, -0.2) is 24.8 Å². The van der Waals surface area contributed by atoms with Crippen molar-refractivity contribution in [2.45, 2.75) is 12.3 Å². The first-order valence-electron chi connectivity index (χ1n) is 5.81. The molecule has 0 amide bonds. The minimum atomic E-state index is -1.03. The van der Waals surface area contributed by atoms with Gasteiger partial charge >= 0.3 is 5.97 Å². The molecule has 0 aliphatic heterocycles. The van der Waals surface area contributed by atoms with Crippen LogP contribution < -0.4 is 0 Å². The number of methoxy groups -OCH3 is 1. The fourth-order valence-corrected chi connectivity index (χ4v) is 2.19.